The highest BCUT2D eigenvalue weighted by Crippen LogP contribution is 1.97. The van der Waals surface area contributed by atoms with Crippen molar-refractivity contribution in [3.63, 3.8) is 0 Å². The summed E-state index contributed by atoms with van der Waals surface area (Å²) in [4.78, 5) is 1.45. The average molecular weight is 162 g/mol. The summed E-state index contributed by atoms with van der Waals surface area (Å²) in [7, 11) is 4.25. The van der Waals surface area contributed by atoms with Gasteiger partial charge >= 0.3 is 0 Å². The molecule has 0 bridgehead atoms. The first-order chi connectivity index (χ1) is 4.63. The fraction of sp³-hybridized carbons (Fsp3) is 0.833. The minimum absolute atomic E-state index is 0.230. The Bertz CT molecular complexity index is 103. The molecule has 0 radical (unpaired) electrons. The van der Waals surface area contributed by atoms with Crippen LogP contribution >= 0.6 is 11.8 Å². The third-order valence-electron chi connectivity index (χ3n) is 1.08. The van der Waals surface area contributed by atoms with Crippen molar-refractivity contribution in [3.8, 4) is 0 Å². The minimum atomic E-state index is 0.230. The van der Waals surface area contributed by atoms with E-state index in [0.29, 0.717) is 0 Å². The molecular formula is C6H16N3S+. The third-order valence-corrected chi connectivity index (χ3v) is 1.88. The fourth-order valence-electron chi connectivity index (χ4n) is 0.608. The predicted molar refractivity (Wildman–Crippen MR) is 46.7 cm³/mol. The highest BCUT2D eigenvalue weighted by molar-refractivity contribution is 8.13. The van der Waals surface area contributed by atoms with Crippen LogP contribution in [0.4, 0.5) is 0 Å². The molecule has 0 unspecified atom stereocenters. The lowest BCUT2D eigenvalue weighted by molar-refractivity contribution is -0.858. The number of nitrogens with two attached hydrogens (primary N) is 1. The summed E-state index contributed by atoms with van der Waals surface area (Å²) in [6.45, 7) is 1.15. The molecule has 0 rings (SSSR count). The molecule has 4 N–H and O–H groups in total. The van der Waals surface area contributed by atoms with Crippen molar-refractivity contribution in [2.75, 3.05) is 26.4 Å². The Hall–Kier alpha value is -0.220. The molecular weight excluding hydrogens is 146 g/mol. The van der Waals surface area contributed by atoms with Gasteiger partial charge in [0.2, 0.25) is 0 Å². The maximum atomic E-state index is 6.91. The number of rotatable bonds is 4. The molecule has 0 amide bonds. The molecule has 0 atom stereocenters. The zero-order valence-electron chi connectivity index (χ0n) is 6.61. The number of amidine groups is 1. The van der Waals surface area contributed by atoms with Crippen molar-refractivity contribution in [3.05, 3.63) is 0 Å². The minimum Gasteiger partial charge on any atom is -0.379 e. The fourth-order valence-corrected chi connectivity index (χ4v) is 1.12. The molecule has 0 saturated heterocycles. The topological polar surface area (TPSA) is 54.3 Å². The van der Waals surface area contributed by atoms with Gasteiger partial charge in [0, 0.05) is 12.2 Å². The highest BCUT2D eigenvalue weighted by Gasteiger charge is 1.94. The van der Waals surface area contributed by atoms with E-state index in [2.05, 4.69) is 14.1 Å². The van der Waals surface area contributed by atoms with Crippen molar-refractivity contribution in [2.24, 2.45) is 5.73 Å². The zero-order chi connectivity index (χ0) is 7.98. The molecule has 0 aromatic rings. The van der Waals surface area contributed by atoms with Crippen LogP contribution < -0.4 is 10.6 Å². The van der Waals surface area contributed by atoms with E-state index in [0.717, 1.165) is 18.7 Å². The predicted octanol–water partition coefficient (Wildman–Crippen LogP) is -0.852. The second-order valence-corrected chi connectivity index (χ2v) is 3.66. The first-order valence-electron chi connectivity index (χ1n) is 3.39. The smallest absolute Gasteiger partial charge is 0.151 e. The van der Waals surface area contributed by atoms with Gasteiger partial charge in [-0.25, -0.2) is 0 Å². The van der Waals surface area contributed by atoms with Crippen molar-refractivity contribution in [1.82, 2.24) is 0 Å². The molecule has 0 aromatic heterocycles. The van der Waals surface area contributed by atoms with Crippen LogP contribution in [-0.4, -0.2) is 31.6 Å². The van der Waals surface area contributed by atoms with Gasteiger partial charge < -0.3 is 10.6 Å². The van der Waals surface area contributed by atoms with Crippen LogP contribution in [0.5, 0.6) is 0 Å². The van der Waals surface area contributed by atoms with Crippen molar-refractivity contribution < 1.29 is 4.90 Å². The van der Waals surface area contributed by atoms with E-state index in [1.54, 1.807) is 0 Å². The van der Waals surface area contributed by atoms with Crippen molar-refractivity contribution in [2.45, 2.75) is 6.42 Å². The van der Waals surface area contributed by atoms with Gasteiger partial charge in [0.1, 0.15) is 0 Å². The number of hydrogen-bond acceptors (Lipinski definition) is 2. The monoisotopic (exact) mass is 162 g/mol. The van der Waals surface area contributed by atoms with E-state index in [-0.39, 0.29) is 5.17 Å². The number of thioether (sulfide) groups is 1. The van der Waals surface area contributed by atoms with Gasteiger partial charge in [0.05, 0.1) is 20.6 Å². The lowest BCUT2D eigenvalue weighted by Gasteiger charge is -2.05. The average Bonchev–Trinajstić information content (AvgIpc) is 1.79. The van der Waals surface area contributed by atoms with Crippen molar-refractivity contribution in [1.29, 1.82) is 5.41 Å². The zero-order valence-corrected chi connectivity index (χ0v) is 7.42. The van der Waals surface area contributed by atoms with Crippen LogP contribution in [0.25, 0.3) is 0 Å². The normalized spacial score (nSPS) is 10.3. The van der Waals surface area contributed by atoms with E-state index in [4.69, 9.17) is 11.1 Å². The Morgan fingerprint density at radius 2 is 2.20 bits per heavy atom. The number of nitrogens with one attached hydrogen (secondary N) is 2. The Morgan fingerprint density at radius 1 is 1.60 bits per heavy atom. The van der Waals surface area contributed by atoms with E-state index >= 15 is 0 Å². The van der Waals surface area contributed by atoms with Crippen LogP contribution in [0.1, 0.15) is 6.42 Å². The Kier molecular flexibility index (Phi) is 5.43. The lowest BCUT2D eigenvalue weighted by atomic mass is 10.5. The molecule has 60 valence electrons. The highest BCUT2D eigenvalue weighted by atomic mass is 32.2. The van der Waals surface area contributed by atoms with E-state index in [1.807, 2.05) is 0 Å². The molecule has 0 saturated carbocycles. The van der Waals surface area contributed by atoms with Gasteiger partial charge in [0.25, 0.3) is 0 Å². The first kappa shape index (κ1) is 9.78. The van der Waals surface area contributed by atoms with Crippen LogP contribution in [-0.2, 0) is 0 Å². The van der Waals surface area contributed by atoms with E-state index in [9.17, 15) is 0 Å². The van der Waals surface area contributed by atoms with Crippen LogP contribution in [0, 0.1) is 5.41 Å². The van der Waals surface area contributed by atoms with E-state index < -0.39 is 0 Å². The quantitative estimate of drug-likeness (QED) is 0.286. The van der Waals surface area contributed by atoms with Crippen LogP contribution in [0.2, 0.25) is 0 Å². The second kappa shape index (κ2) is 5.56. The van der Waals surface area contributed by atoms with Gasteiger partial charge in [-0.15, -0.1) is 0 Å². The molecule has 4 heteroatoms. The molecule has 0 aliphatic heterocycles. The van der Waals surface area contributed by atoms with Gasteiger partial charge in [0.15, 0.2) is 5.17 Å². The molecule has 10 heavy (non-hydrogen) atoms. The molecule has 3 nitrogen and oxygen atoms in total. The molecule has 0 aromatic carbocycles. The Labute approximate surface area is 66.5 Å². The molecule has 0 fully saturated rings. The molecule has 0 spiro atoms. The first-order valence-corrected chi connectivity index (χ1v) is 4.37. The molecule has 0 aliphatic rings. The van der Waals surface area contributed by atoms with Gasteiger partial charge in [-0.1, -0.05) is 11.8 Å². The van der Waals surface area contributed by atoms with Crippen molar-refractivity contribution >= 4 is 16.9 Å². The lowest BCUT2D eigenvalue weighted by Crippen LogP contribution is -3.05. The summed E-state index contributed by atoms with van der Waals surface area (Å²) in [6.07, 6.45) is 1.13. The summed E-state index contributed by atoms with van der Waals surface area (Å²) in [6, 6.07) is 0. The Balaban J connectivity index is 2.98. The standard InChI is InChI=1S/C6H15N3S/c1-9(2)4-3-5-10-6(7)8/h3-5H2,1-2H3,(H3,7,8)/p+1. The number of quaternary nitrogens is 1. The van der Waals surface area contributed by atoms with E-state index in [1.165, 1.54) is 16.7 Å². The van der Waals surface area contributed by atoms with Gasteiger partial charge in [-0.3, -0.25) is 5.41 Å². The van der Waals surface area contributed by atoms with Gasteiger partial charge in [-0.2, -0.15) is 0 Å². The van der Waals surface area contributed by atoms with Crippen LogP contribution in [0.15, 0.2) is 0 Å². The summed E-state index contributed by atoms with van der Waals surface area (Å²) in [5.41, 5.74) is 5.15. The van der Waals surface area contributed by atoms with Gasteiger partial charge in [-0.05, 0) is 0 Å². The third kappa shape index (κ3) is 7.78. The van der Waals surface area contributed by atoms with Crippen LogP contribution in [0.3, 0.4) is 0 Å². The SMILES string of the molecule is C[NH+](C)CCCSC(=N)N. The molecule has 0 heterocycles. The maximum Gasteiger partial charge on any atom is 0.151 e. The summed E-state index contributed by atoms with van der Waals surface area (Å²) < 4.78 is 0. The largest absolute Gasteiger partial charge is 0.379 e. The summed E-state index contributed by atoms with van der Waals surface area (Å²) in [5, 5.41) is 7.14. The maximum absolute atomic E-state index is 6.91. The number of hydrogen-bond donors (Lipinski definition) is 3. The summed E-state index contributed by atoms with van der Waals surface area (Å²) >= 11 is 1.42. The molecule has 0 aliphatic carbocycles. The Morgan fingerprint density at radius 3 is 2.60 bits per heavy atom. The second-order valence-electron chi connectivity index (χ2n) is 2.52. The summed E-state index contributed by atoms with van der Waals surface area (Å²) in [5.74, 6) is 0.973.